The molecule has 29 heavy (non-hydrogen) atoms. The van der Waals surface area contributed by atoms with Crippen molar-refractivity contribution >= 4 is 28.8 Å². The van der Waals surface area contributed by atoms with E-state index in [0.717, 1.165) is 54.9 Å². The van der Waals surface area contributed by atoms with Gasteiger partial charge >= 0.3 is 0 Å². The molecule has 2 aliphatic rings. The lowest BCUT2D eigenvalue weighted by Crippen LogP contribution is -2.35. The van der Waals surface area contributed by atoms with E-state index in [1.807, 2.05) is 41.3 Å². The van der Waals surface area contributed by atoms with E-state index in [1.165, 1.54) is 6.42 Å². The van der Waals surface area contributed by atoms with Gasteiger partial charge in [-0.2, -0.15) is 5.10 Å². The molecule has 0 unspecified atom stereocenters. The molecule has 0 radical (unpaired) electrons. The van der Waals surface area contributed by atoms with Crippen molar-refractivity contribution < 1.29 is 9.59 Å². The fraction of sp³-hybridized carbons (Fsp3) is 0.318. The van der Waals surface area contributed by atoms with Gasteiger partial charge in [-0.05, 0) is 55.5 Å². The highest BCUT2D eigenvalue weighted by atomic mass is 16.2. The Balaban J connectivity index is 1.46. The number of amides is 2. The second-order valence-corrected chi connectivity index (χ2v) is 7.62. The predicted molar refractivity (Wildman–Crippen MR) is 111 cm³/mol. The van der Waals surface area contributed by atoms with E-state index < -0.39 is 0 Å². The standard InChI is InChI=1S/C22H23N5O2/c28-21-17-13-16(8-7-15(17)9-10-23-21)25-20-6-4-5-19-18(14-24-27(19)20)22(29)26-11-2-1-3-12-26/h4-8,13-14,25H,1-3,9-12H2,(H,23,28). The molecule has 1 aromatic carbocycles. The van der Waals surface area contributed by atoms with Gasteiger partial charge in [0.05, 0.1) is 17.3 Å². The van der Waals surface area contributed by atoms with Crippen LogP contribution in [-0.4, -0.2) is 46.0 Å². The SMILES string of the molecule is O=C1NCCc2ccc(Nc3cccc4c(C(=O)N5CCCCC5)cnn34)cc21. The molecule has 1 saturated heterocycles. The Morgan fingerprint density at radius 2 is 1.97 bits per heavy atom. The molecule has 0 spiro atoms. The van der Waals surface area contributed by atoms with E-state index in [0.29, 0.717) is 17.7 Å². The fourth-order valence-corrected chi connectivity index (χ4v) is 4.18. The van der Waals surface area contributed by atoms with Crippen molar-refractivity contribution in [3.05, 3.63) is 59.3 Å². The van der Waals surface area contributed by atoms with E-state index in [-0.39, 0.29) is 11.8 Å². The third kappa shape index (κ3) is 3.22. The molecular weight excluding hydrogens is 366 g/mol. The molecule has 1 fully saturated rings. The molecule has 7 heteroatoms. The van der Waals surface area contributed by atoms with Crippen molar-refractivity contribution in [2.45, 2.75) is 25.7 Å². The van der Waals surface area contributed by atoms with Gasteiger partial charge in [-0.15, -0.1) is 0 Å². The van der Waals surface area contributed by atoms with E-state index in [4.69, 9.17) is 0 Å². The molecule has 0 aliphatic carbocycles. The van der Waals surface area contributed by atoms with Crippen molar-refractivity contribution in [1.82, 2.24) is 19.8 Å². The molecule has 4 heterocycles. The first kappa shape index (κ1) is 17.7. The zero-order valence-corrected chi connectivity index (χ0v) is 16.1. The zero-order valence-electron chi connectivity index (χ0n) is 16.1. The lowest BCUT2D eigenvalue weighted by atomic mass is 10.00. The average molecular weight is 389 g/mol. The largest absolute Gasteiger partial charge is 0.352 e. The van der Waals surface area contributed by atoms with Crippen LogP contribution in [0.2, 0.25) is 0 Å². The quantitative estimate of drug-likeness (QED) is 0.722. The molecule has 0 bridgehead atoms. The summed E-state index contributed by atoms with van der Waals surface area (Å²) in [4.78, 5) is 27.0. The van der Waals surface area contributed by atoms with Crippen LogP contribution in [0.1, 0.15) is 45.5 Å². The van der Waals surface area contributed by atoms with E-state index in [2.05, 4.69) is 15.7 Å². The minimum atomic E-state index is -0.0402. The Bertz CT molecular complexity index is 1100. The van der Waals surface area contributed by atoms with Crippen LogP contribution >= 0.6 is 0 Å². The number of piperidine rings is 1. The molecular formula is C22H23N5O2. The van der Waals surface area contributed by atoms with Crippen LogP contribution in [0, 0.1) is 0 Å². The number of nitrogens with one attached hydrogen (secondary N) is 2. The van der Waals surface area contributed by atoms with Crippen molar-refractivity contribution in [3.63, 3.8) is 0 Å². The van der Waals surface area contributed by atoms with Crippen molar-refractivity contribution in [1.29, 1.82) is 0 Å². The molecule has 2 amide bonds. The number of benzene rings is 1. The molecule has 2 aromatic heterocycles. The molecule has 3 aromatic rings. The number of anilines is 2. The maximum absolute atomic E-state index is 12.9. The van der Waals surface area contributed by atoms with E-state index >= 15 is 0 Å². The van der Waals surface area contributed by atoms with Crippen LogP contribution in [-0.2, 0) is 6.42 Å². The lowest BCUT2D eigenvalue weighted by Gasteiger charge is -2.26. The first-order valence-electron chi connectivity index (χ1n) is 10.1. The Labute approximate surface area is 168 Å². The Morgan fingerprint density at radius 1 is 1.10 bits per heavy atom. The third-order valence-electron chi connectivity index (χ3n) is 5.72. The van der Waals surface area contributed by atoms with Gasteiger partial charge in [0.25, 0.3) is 11.8 Å². The van der Waals surface area contributed by atoms with Crippen LogP contribution in [0.15, 0.2) is 42.6 Å². The van der Waals surface area contributed by atoms with E-state index in [1.54, 1.807) is 10.7 Å². The maximum Gasteiger partial charge on any atom is 0.257 e. The minimum absolute atomic E-state index is 0.0402. The molecule has 148 valence electrons. The number of likely N-dealkylation sites (tertiary alicyclic amines) is 1. The number of fused-ring (bicyclic) bond motifs is 2. The Kier molecular flexibility index (Phi) is 4.42. The monoisotopic (exact) mass is 389 g/mol. The number of rotatable bonds is 3. The highest BCUT2D eigenvalue weighted by molar-refractivity contribution is 6.01. The number of carbonyl (C=O) groups excluding carboxylic acids is 2. The first-order valence-corrected chi connectivity index (χ1v) is 10.1. The van der Waals surface area contributed by atoms with Crippen LogP contribution in [0.5, 0.6) is 0 Å². The second kappa shape index (κ2) is 7.24. The highest BCUT2D eigenvalue weighted by Gasteiger charge is 2.22. The smallest absolute Gasteiger partial charge is 0.257 e. The summed E-state index contributed by atoms with van der Waals surface area (Å²) in [5, 5.41) is 10.7. The van der Waals surface area contributed by atoms with Crippen LogP contribution in [0.3, 0.4) is 0 Å². The van der Waals surface area contributed by atoms with Gasteiger partial charge < -0.3 is 15.5 Å². The minimum Gasteiger partial charge on any atom is -0.352 e. The van der Waals surface area contributed by atoms with Crippen molar-refractivity contribution in [3.8, 4) is 0 Å². The molecule has 0 atom stereocenters. The van der Waals surface area contributed by atoms with Gasteiger partial charge in [0.1, 0.15) is 5.82 Å². The topological polar surface area (TPSA) is 78.7 Å². The summed E-state index contributed by atoms with van der Waals surface area (Å²) in [6, 6.07) is 11.6. The van der Waals surface area contributed by atoms with Crippen LogP contribution < -0.4 is 10.6 Å². The fourth-order valence-electron chi connectivity index (χ4n) is 4.18. The first-order chi connectivity index (χ1) is 14.2. The molecule has 0 saturated carbocycles. The van der Waals surface area contributed by atoms with E-state index in [9.17, 15) is 9.59 Å². The van der Waals surface area contributed by atoms with Gasteiger partial charge in [0.2, 0.25) is 0 Å². The zero-order chi connectivity index (χ0) is 19.8. The molecule has 2 N–H and O–H groups in total. The summed E-state index contributed by atoms with van der Waals surface area (Å²) in [5.74, 6) is 0.750. The summed E-state index contributed by atoms with van der Waals surface area (Å²) < 4.78 is 1.75. The summed E-state index contributed by atoms with van der Waals surface area (Å²) in [6.45, 7) is 2.30. The number of hydrogen-bond donors (Lipinski definition) is 2. The highest BCUT2D eigenvalue weighted by Crippen LogP contribution is 2.25. The van der Waals surface area contributed by atoms with Gasteiger partial charge in [-0.25, -0.2) is 4.52 Å². The Hall–Kier alpha value is -3.35. The normalized spacial score (nSPS) is 16.4. The summed E-state index contributed by atoms with van der Waals surface area (Å²) in [7, 11) is 0. The number of carbonyl (C=O) groups is 2. The molecule has 2 aliphatic heterocycles. The third-order valence-corrected chi connectivity index (χ3v) is 5.72. The van der Waals surface area contributed by atoms with Crippen LogP contribution in [0.4, 0.5) is 11.5 Å². The summed E-state index contributed by atoms with van der Waals surface area (Å²) >= 11 is 0. The van der Waals surface area contributed by atoms with Crippen molar-refractivity contribution in [2.24, 2.45) is 0 Å². The second-order valence-electron chi connectivity index (χ2n) is 7.62. The molecule has 7 nitrogen and oxygen atoms in total. The average Bonchev–Trinajstić information content (AvgIpc) is 3.20. The lowest BCUT2D eigenvalue weighted by molar-refractivity contribution is 0.0726. The van der Waals surface area contributed by atoms with Gasteiger partial charge in [0, 0.05) is 30.9 Å². The number of nitrogens with zero attached hydrogens (tertiary/aromatic N) is 3. The Morgan fingerprint density at radius 3 is 2.83 bits per heavy atom. The van der Waals surface area contributed by atoms with Gasteiger partial charge in [-0.1, -0.05) is 12.1 Å². The van der Waals surface area contributed by atoms with Crippen LogP contribution in [0.25, 0.3) is 5.52 Å². The van der Waals surface area contributed by atoms with Gasteiger partial charge in [-0.3, -0.25) is 9.59 Å². The van der Waals surface area contributed by atoms with Gasteiger partial charge in [0.15, 0.2) is 0 Å². The maximum atomic E-state index is 12.9. The number of hydrogen-bond acceptors (Lipinski definition) is 4. The number of pyridine rings is 1. The van der Waals surface area contributed by atoms with Crippen molar-refractivity contribution in [2.75, 3.05) is 25.0 Å². The number of aromatic nitrogens is 2. The molecule has 5 rings (SSSR count). The summed E-state index contributed by atoms with van der Waals surface area (Å²) in [5.41, 5.74) is 3.98. The summed E-state index contributed by atoms with van der Waals surface area (Å²) in [6.07, 6.45) is 5.80. The predicted octanol–water partition coefficient (Wildman–Crippen LogP) is 2.99.